The zero-order valence-corrected chi connectivity index (χ0v) is 24.1. The molecule has 3 N–H and O–H groups in total. The highest BCUT2D eigenvalue weighted by atomic mass is 19.1. The molecule has 0 radical (unpaired) electrons. The third kappa shape index (κ3) is 4.79. The van der Waals surface area contributed by atoms with Gasteiger partial charge >= 0.3 is 0 Å². The topological polar surface area (TPSA) is 98.5 Å². The number of methoxy groups -OCH3 is 1. The molecule has 2 atom stereocenters. The van der Waals surface area contributed by atoms with E-state index in [1.165, 1.54) is 17.0 Å². The first-order chi connectivity index (χ1) is 20.7. The van der Waals surface area contributed by atoms with Gasteiger partial charge in [0.05, 0.1) is 30.4 Å². The van der Waals surface area contributed by atoms with Crippen molar-refractivity contribution >= 4 is 27.8 Å². The monoisotopic (exact) mass is 585 g/mol. The zero-order valence-electron chi connectivity index (χ0n) is 24.1. The van der Waals surface area contributed by atoms with E-state index in [2.05, 4.69) is 10.6 Å². The number of piperidine rings is 1. The van der Waals surface area contributed by atoms with Gasteiger partial charge in [-0.2, -0.15) is 0 Å². The smallest absolute Gasteiger partial charge is 0.254 e. The number of carbonyl (C=O) groups excluding carboxylic acids is 1. The first kappa shape index (κ1) is 27.4. The average Bonchev–Trinajstić information content (AvgIpc) is 3.65. The summed E-state index contributed by atoms with van der Waals surface area (Å²) in [5.41, 5.74) is 11.1. The van der Waals surface area contributed by atoms with Crippen LogP contribution in [0.15, 0.2) is 54.6 Å². The molecule has 7 rings (SSSR count). The van der Waals surface area contributed by atoms with E-state index in [-0.39, 0.29) is 24.6 Å². The summed E-state index contributed by atoms with van der Waals surface area (Å²) in [6.07, 6.45) is 1.36. The highest BCUT2D eigenvalue weighted by Gasteiger charge is 2.31. The van der Waals surface area contributed by atoms with Crippen molar-refractivity contribution in [2.45, 2.75) is 38.0 Å². The third-order valence-electron chi connectivity index (χ3n) is 8.67. The number of phenols is 1. The Labute approximate surface area is 247 Å². The molecule has 1 aliphatic carbocycles. The lowest BCUT2D eigenvalue weighted by Gasteiger charge is -2.33. The van der Waals surface area contributed by atoms with E-state index in [0.29, 0.717) is 40.7 Å². The summed E-state index contributed by atoms with van der Waals surface area (Å²) in [5, 5.41) is 10.8. The van der Waals surface area contributed by atoms with Gasteiger partial charge in [0.1, 0.15) is 17.4 Å². The second-order valence-corrected chi connectivity index (χ2v) is 11.8. The van der Waals surface area contributed by atoms with Gasteiger partial charge in [-0.15, -0.1) is 0 Å². The largest absolute Gasteiger partial charge is 0.505 e. The Hall–Kier alpha value is -4.44. The molecule has 43 heavy (non-hydrogen) atoms. The Bertz CT molecular complexity index is 1880. The first-order valence-electron chi connectivity index (χ1n) is 14.6. The number of hydrogen-bond donors (Lipinski definition) is 2. The third-order valence-corrected chi connectivity index (χ3v) is 8.67. The van der Waals surface area contributed by atoms with Crippen LogP contribution in [0.4, 0.5) is 8.78 Å². The van der Waals surface area contributed by atoms with Crippen molar-refractivity contribution in [1.82, 2.24) is 19.0 Å². The summed E-state index contributed by atoms with van der Waals surface area (Å²) >= 11 is 0. The molecule has 0 bridgehead atoms. The molecule has 3 heterocycles. The van der Waals surface area contributed by atoms with Crippen LogP contribution in [0, 0.1) is 11.7 Å². The lowest BCUT2D eigenvalue weighted by atomic mass is 10.0. The highest BCUT2D eigenvalue weighted by Crippen LogP contribution is 2.41. The van der Waals surface area contributed by atoms with Gasteiger partial charge < -0.3 is 29.6 Å². The minimum absolute atomic E-state index is 0.00882. The number of rotatable bonds is 6. The van der Waals surface area contributed by atoms with E-state index in [9.17, 15) is 18.7 Å². The van der Waals surface area contributed by atoms with E-state index in [1.807, 2.05) is 29.8 Å². The Kier molecular flexibility index (Phi) is 6.61. The van der Waals surface area contributed by atoms with Crippen LogP contribution in [0.1, 0.15) is 29.6 Å². The lowest BCUT2D eigenvalue weighted by molar-refractivity contribution is 0.0606. The van der Waals surface area contributed by atoms with Gasteiger partial charge in [0, 0.05) is 42.7 Å². The zero-order chi connectivity index (χ0) is 30.0. The summed E-state index contributed by atoms with van der Waals surface area (Å²) in [4.78, 5) is 19.9. The van der Waals surface area contributed by atoms with Crippen LogP contribution >= 0.6 is 0 Å². The quantitative estimate of drug-likeness (QED) is 0.269. The molecule has 3 aromatic carbocycles. The summed E-state index contributed by atoms with van der Waals surface area (Å²) in [7, 11) is 3.47. The Morgan fingerprint density at radius 1 is 1.12 bits per heavy atom. The fourth-order valence-corrected chi connectivity index (χ4v) is 6.41. The molecule has 5 aromatic rings. The number of benzene rings is 3. The fraction of sp³-hybridized carbons (Fsp3) is 0.333. The molecule has 1 saturated heterocycles. The molecule has 1 amide bonds. The predicted molar refractivity (Wildman–Crippen MR) is 161 cm³/mol. The maximum absolute atomic E-state index is 14.4. The number of imidazole rings is 1. The Balaban J connectivity index is 1.38. The second kappa shape index (κ2) is 10.4. The molecule has 1 aliphatic heterocycles. The van der Waals surface area contributed by atoms with E-state index < -0.39 is 18.0 Å². The van der Waals surface area contributed by atoms with Crippen molar-refractivity contribution in [2.24, 2.45) is 18.7 Å². The van der Waals surface area contributed by atoms with Crippen molar-refractivity contribution in [3.05, 3.63) is 66.0 Å². The number of phenolic OH excluding ortho intramolecular Hbond substituents is 1. The van der Waals surface area contributed by atoms with Crippen LogP contribution in [0.5, 0.6) is 11.5 Å². The Morgan fingerprint density at radius 3 is 2.65 bits per heavy atom. The molecule has 1 saturated carbocycles. The molecular weight excluding hydrogens is 552 g/mol. The van der Waals surface area contributed by atoms with E-state index in [1.54, 1.807) is 25.3 Å². The van der Waals surface area contributed by atoms with Gasteiger partial charge in [0.15, 0.2) is 17.4 Å². The molecule has 2 aliphatic rings. The highest BCUT2D eigenvalue weighted by molar-refractivity contribution is 6.01. The maximum atomic E-state index is 14.4. The number of amides is 1. The van der Waals surface area contributed by atoms with Gasteiger partial charge in [-0.05, 0) is 61.1 Å². The number of para-hydroxylation sites is 1. The van der Waals surface area contributed by atoms with Crippen LogP contribution in [-0.2, 0) is 13.6 Å². The maximum Gasteiger partial charge on any atom is 0.254 e. The number of aromatic hydroxyl groups is 1. The molecule has 0 spiro atoms. The minimum Gasteiger partial charge on any atom is -0.505 e. The first-order valence-corrected chi connectivity index (χ1v) is 14.6. The fourth-order valence-electron chi connectivity index (χ4n) is 6.41. The van der Waals surface area contributed by atoms with Gasteiger partial charge in [0.25, 0.3) is 5.91 Å². The number of hydrogen-bond acceptors (Lipinski definition) is 5. The van der Waals surface area contributed by atoms with Crippen LogP contribution in [-0.4, -0.2) is 62.4 Å². The van der Waals surface area contributed by atoms with Gasteiger partial charge in [0.2, 0.25) is 0 Å². The molecule has 2 fully saturated rings. The van der Waals surface area contributed by atoms with E-state index >= 15 is 0 Å². The van der Waals surface area contributed by atoms with Gasteiger partial charge in [-0.25, -0.2) is 13.8 Å². The number of likely N-dealkylation sites (tertiary alicyclic amines) is 1. The van der Waals surface area contributed by atoms with Crippen LogP contribution in [0.3, 0.4) is 0 Å². The Morgan fingerprint density at radius 2 is 1.93 bits per heavy atom. The summed E-state index contributed by atoms with van der Waals surface area (Å²) in [6.45, 7) is 1.08. The predicted octanol–water partition coefficient (Wildman–Crippen LogP) is 5.64. The van der Waals surface area contributed by atoms with Crippen molar-refractivity contribution in [1.29, 1.82) is 0 Å². The lowest BCUT2D eigenvalue weighted by Crippen LogP contribution is -2.50. The SMILES string of the molecule is COc1cc(C(=O)N2C[C@H](N)C[C@@H](F)C2)cc2nc(-c3cc4cccc(-c5ccc(O)c(F)c5)c4n3CC3CC3)n(C)c12. The number of aromatic nitrogens is 3. The average molecular weight is 586 g/mol. The van der Waals surface area contributed by atoms with Crippen LogP contribution in [0.25, 0.3) is 44.6 Å². The number of nitrogens with two attached hydrogens (primary N) is 1. The number of halogens is 2. The van der Waals surface area contributed by atoms with Crippen molar-refractivity contribution in [3.8, 4) is 34.1 Å². The van der Waals surface area contributed by atoms with E-state index in [4.69, 9.17) is 15.5 Å². The number of alkyl halides is 1. The normalized spacial score (nSPS) is 19.0. The second-order valence-electron chi connectivity index (χ2n) is 11.8. The summed E-state index contributed by atoms with van der Waals surface area (Å²) in [5.74, 6) is 0.355. The number of ether oxygens (including phenoxy) is 1. The number of nitrogens with zero attached hydrogens (tertiary/aromatic N) is 4. The number of carbonyl (C=O) groups is 1. The molecule has 10 heteroatoms. The standard InChI is InChI=1S/C33H33F2N5O3/c1-38-31-26(11-21(13-29(31)43-2)33(42)39-16-22(34)14-23(36)17-39)37-32(38)27-12-20-4-3-5-24(19-8-9-28(41)25(35)10-19)30(20)40(27)15-18-6-7-18/h3-5,8-13,18,22-23,41H,6-7,14-17,36H2,1-2H3/t22-,23-/m1/s1. The molecular formula is C33H33F2N5O3. The molecule has 2 aromatic heterocycles. The summed E-state index contributed by atoms with van der Waals surface area (Å²) < 4.78 is 38.6. The number of aryl methyl sites for hydroxylation is 1. The van der Waals surface area contributed by atoms with Gasteiger partial charge in [-0.1, -0.05) is 24.3 Å². The van der Waals surface area contributed by atoms with Crippen LogP contribution < -0.4 is 10.5 Å². The van der Waals surface area contributed by atoms with Gasteiger partial charge in [-0.3, -0.25) is 4.79 Å². The van der Waals surface area contributed by atoms with Crippen LogP contribution in [0.2, 0.25) is 0 Å². The molecule has 0 unspecified atom stereocenters. The number of fused-ring (bicyclic) bond motifs is 2. The summed E-state index contributed by atoms with van der Waals surface area (Å²) in [6, 6.07) is 15.5. The van der Waals surface area contributed by atoms with E-state index in [0.717, 1.165) is 47.1 Å². The molecule has 222 valence electrons. The molecule has 8 nitrogen and oxygen atoms in total. The minimum atomic E-state index is -1.16. The van der Waals surface area contributed by atoms with Crippen molar-refractivity contribution in [3.63, 3.8) is 0 Å². The van der Waals surface area contributed by atoms with Crippen molar-refractivity contribution in [2.75, 3.05) is 20.2 Å². The van der Waals surface area contributed by atoms with Crippen molar-refractivity contribution < 1.29 is 23.4 Å².